The summed E-state index contributed by atoms with van der Waals surface area (Å²) in [5, 5.41) is 10.4. The lowest BCUT2D eigenvalue weighted by Gasteiger charge is -2.31. The molecule has 0 aromatic rings. The molecule has 1 N–H and O–H groups in total. The Morgan fingerprint density at radius 3 is 2.77 bits per heavy atom. The predicted octanol–water partition coefficient (Wildman–Crippen LogP) is -0.236. The molecule has 4 atom stereocenters. The number of hydrogen-bond acceptors (Lipinski definition) is 8. The van der Waals surface area contributed by atoms with Crippen LogP contribution >= 0.6 is 0 Å². The molecular weight excluding hydrogens is 296 g/mol. The van der Waals surface area contributed by atoms with Crippen LogP contribution in [-0.2, 0) is 33.3 Å². The highest BCUT2D eigenvalue weighted by Crippen LogP contribution is 2.43. The van der Waals surface area contributed by atoms with Crippen molar-refractivity contribution in [1.29, 1.82) is 0 Å². The second-order valence-corrected chi connectivity index (χ2v) is 5.78. The van der Waals surface area contributed by atoms with Crippen molar-refractivity contribution >= 4 is 11.9 Å². The van der Waals surface area contributed by atoms with E-state index in [1.54, 1.807) is 6.92 Å². The van der Waals surface area contributed by atoms with Crippen LogP contribution in [0.1, 0.15) is 26.2 Å². The first-order valence-electron chi connectivity index (χ1n) is 7.12. The second kappa shape index (κ2) is 6.49. The van der Waals surface area contributed by atoms with E-state index in [2.05, 4.69) is 0 Å². The van der Waals surface area contributed by atoms with E-state index >= 15 is 0 Å². The van der Waals surface area contributed by atoms with Gasteiger partial charge in [-0.15, -0.1) is 0 Å². The summed E-state index contributed by atoms with van der Waals surface area (Å²) in [6, 6.07) is 0. The maximum absolute atomic E-state index is 12.0. The zero-order chi connectivity index (χ0) is 16.4. The van der Waals surface area contributed by atoms with Crippen LogP contribution in [0.5, 0.6) is 0 Å². The lowest BCUT2D eigenvalue weighted by atomic mass is 9.94. The monoisotopic (exact) mass is 318 g/mol. The predicted molar refractivity (Wildman–Crippen MR) is 71.8 cm³/mol. The Kier molecular flexibility index (Phi) is 5.06. The number of carbonyl (C=O) groups excluding carboxylic acids is 2. The van der Waals surface area contributed by atoms with Crippen molar-refractivity contribution in [2.24, 2.45) is 0 Å². The van der Waals surface area contributed by atoms with Crippen LogP contribution in [-0.4, -0.2) is 68.1 Å². The highest BCUT2D eigenvalue weighted by atomic mass is 16.8. The van der Waals surface area contributed by atoms with Gasteiger partial charge < -0.3 is 28.8 Å². The van der Waals surface area contributed by atoms with Gasteiger partial charge in [-0.05, 0) is 6.92 Å². The van der Waals surface area contributed by atoms with E-state index < -0.39 is 35.5 Å². The van der Waals surface area contributed by atoms with Gasteiger partial charge in [0.05, 0.1) is 32.2 Å². The van der Waals surface area contributed by atoms with Crippen molar-refractivity contribution in [1.82, 2.24) is 0 Å². The summed E-state index contributed by atoms with van der Waals surface area (Å²) in [6.07, 6.45) is -1.28. The van der Waals surface area contributed by atoms with Gasteiger partial charge in [0.25, 0.3) is 0 Å². The van der Waals surface area contributed by atoms with Crippen molar-refractivity contribution in [3.05, 3.63) is 0 Å². The first kappa shape index (κ1) is 17.1. The maximum atomic E-state index is 12.0. The molecule has 0 unspecified atom stereocenters. The molecule has 8 heteroatoms. The van der Waals surface area contributed by atoms with Crippen molar-refractivity contribution in [2.45, 2.75) is 49.8 Å². The van der Waals surface area contributed by atoms with Crippen LogP contribution in [0.2, 0.25) is 0 Å². The molecule has 126 valence electrons. The SMILES string of the molecule is COC[C@@H](CC(=O)O[C@@]1(C)CO[C@@]2(CCC(=O)O2)[C@@H]1O)OC. The molecule has 0 aliphatic carbocycles. The van der Waals surface area contributed by atoms with Gasteiger partial charge in [0.1, 0.15) is 0 Å². The van der Waals surface area contributed by atoms with Crippen molar-refractivity contribution in [3.63, 3.8) is 0 Å². The minimum absolute atomic E-state index is 0.0144. The van der Waals surface area contributed by atoms with Crippen LogP contribution < -0.4 is 0 Å². The lowest BCUT2D eigenvalue weighted by molar-refractivity contribution is -0.224. The van der Waals surface area contributed by atoms with E-state index in [9.17, 15) is 14.7 Å². The van der Waals surface area contributed by atoms with E-state index in [1.807, 2.05) is 0 Å². The first-order chi connectivity index (χ1) is 10.3. The molecule has 1 spiro atoms. The summed E-state index contributed by atoms with van der Waals surface area (Å²) >= 11 is 0. The van der Waals surface area contributed by atoms with Gasteiger partial charge in [-0.1, -0.05) is 0 Å². The molecule has 8 nitrogen and oxygen atoms in total. The highest BCUT2D eigenvalue weighted by Gasteiger charge is 2.62. The lowest BCUT2D eigenvalue weighted by Crippen LogP contribution is -2.51. The van der Waals surface area contributed by atoms with Crippen molar-refractivity contribution < 1.29 is 38.4 Å². The molecule has 0 radical (unpaired) electrons. The molecule has 22 heavy (non-hydrogen) atoms. The third kappa shape index (κ3) is 3.24. The van der Waals surface area contributed by atoms with Crippen LogP contribution in [0.4, 0.5) is 0 Å². The molecule has 2 saturated heterocycles. The third-order valence-corrected chi connectivity index (χ3v) is 3.99. The van der Waals surface area contributed by atoms with Crippen molar-refractivity contribution in [3.8, 4) is 0 Å². The molecular formula is C14H22O8. The normalized spacial score (nSPS) is 35.6. The Labute approximate surface area is 128 Å². The summed E-state index contributed by atoms with van der Waals surface area (Å²) in [6.45, 7) is 1.76. The number of esters is 2. The minimum atomic E-state index is -1.40. The van der Waals surface area contributed by atoms with Gasteiger partial charge in [0.2, 0.25) is 5.79 Å². The molecule has 0 saturated carbocycles. The molecule has 0 aromatic heterocycles. The standard InChI is InChI=1S/C14H22O8/c1-13(21-11(16)6-9(19-3)7-18-2)8-20-14(12(13)17)5-4-10(15)22-14/h9,12,17H,4-8H2,1-3H3/t9-,12-,13+,14-/m1/s1. The van der Waals surface area contributed by atoms with Gasteiger partial charge in [-0.2, -0.15) is 0 Å². The van der Waals surface area contributed by atoms with Crippen LogP contribution in [0, 0.1) is 0 Å². The van der Waals surface area contributed by atoms with Gasteiger partial charge in [0.15, 0.2) is 11.7 Å². The molecule has 0 bridgehead atoms. The maximum Gasteiger partial charge on any atom is 0.309 e. The first-order valence-corrected chi connectivity index (χ1v) is 7.12. The average molecular weight is 318 g/mol. The fourth-order valence-corrected chi connectivity index (χ4v) is 2.72. The van der Waals surface area contributed by atoms with Gasteiger partial charge in [-0.25, -0.2) is 0 Å². The summed E-state index contributed by atoms with van der Waals surface area (Å²) < 4.78 is 26.0. The number of rotatable bonds is 6. The quantitative estimate of drug-likeness (QED) is 0.670. The zero-order valence-corrected chi connectivity index (χ0v) is 13.0. The highest BCUT2D eigenvalue weighted by molar-refractivity contribution is 5.72. The van der Waals surface area contributed by atoms with E-state index in [0.29, 0.717) is 0 Å². The van der Waals surface area contributed by atoms with Crippen LogP contribution in [0.15, 0.2) is 0 Å². The number of ether oxygens (including phenoxy) is 5. The largest absolute Gasteiger partial charge is 0.454 e. The Bertz CT molecular complexity index is 439. The fourth-order valence-electron chi connectivity index (χ4n) is 2.72. The Morgan fingerprint density at radius 2 is 2.23 bits per heavy atom. The van der Waals surface area contributed by atoms with Crippen LogP contribution in [0.25, 0.3) is 0 Å². The number of methoxy groups -OCH3 is 2. The molecule has 2 heterocycles. The zero-order valence-electron chi connectivity index (χ0n) is 13.0. The summed E-state index contributed by atoms with van der Waals surface area (Å²) in [4.78, 5) is 23.3. The smallest absolute Gasteiger partial charge is 0.309 e. The van der Waals surface area contributed by atoms with E-state index in [1.165, 1.54) is 14.2 Å². The van der Waals surface area contributed by atoms with Gasteiger partial charge in [0, 0.05) is 20.6 Å². The number of carbonyl (C=O) groups is 2. The van der Waals surface area contributed by atoms with E-state index in [4.69, 9.17) is 23.7 Å². The average Bonchev–Trinajstić information content (AvgIpc) is 2.95. The Hall–Kier alpha value is -1.22. The fraction of sp³-hybridized carbons (Fsp3) is 0.857. The topological polar surface area (TPSA) is 101 Å². The minimum Gasteiger partial charge on any atom is -0.454 e. The van der Waals surface area contributed by atoms with E-state index in [0.717, 1.165) is 0 Å². The Balaban J connectivity index is 1.97. The third-order valence-electron chi connectivity index (χ3n) is 3.99. The molecule has 2 aliphatic rings. The Morgan fingerprint density at radius 1 is 1.50 bits per heavy atom. The molecule has 0 amide bonds. The van der Waals surface area contributed by atoms with Crippen LogP contribution in [0.3, 0.4) is 0 Å². The van der Waals surface area contributed by atoms with Gasteiger partial charge in [-0.3, -0.25) is 9.59 Å². The van der Waals surface area contributed by atoms with Gasteiger partial charge >= 0.3 is 11.9 Å². The summed E-state index contributed by atoms with van der Waals surface area (Å²) in [7, 11) is 2.98. The molecule has 0 aromatic carbocycles. The number of aliphatic hydroxyl groups is 1. The molecule has 2 aliphatic heterocycles. The second-order valence-electron chi connectivity index (χ2n) is 5.78. The summed E-state index contributed by atoms with van der Waals surface area (Å²) in [5.74, 6) is -2.39. The number of hydrogen-bond donors (Lipinski definition) is 1. The molecule has 2 fully saturated rings. The molecule has 2 rings (SSSR count). The summed E-state index contributed by atoms with van der Waals surface area (Å²) in [5.41, 5.74) is -1.27. The number of aliphatic hydroxyl groups excluding tert-OH is 1. The van der Waals surface area contributed by atoms with E-state index in [-0.39, 0.29) is 32.5 Å². The van der Waals surface area contributed by atoms with Crippen molar-refractivity contribution in [2.75, 3.05) is 27.4 Å².